The van der Waals surface area contributed by atoms with Crippen LogP contribution in [0.15, 0.2) is 18.2 Å². The van der Waals surface area contributed by atoms with Crippen LogP contribution in [0.25, 0.3) is 0 Å². The van der Waals surface area contributed by atoms with Crippen LogP contribution in [0.3, 0.4) is 0 Å². The molecule has 1 N–H and O–H groups in total. The Bertz CT molecular complexity index is 420. The van der Waals surface area contributed by atoms with E-state index in [4.69, 9.17) is 9.47 Å². The third-order valence-corrected chi connectivity index (χ3v) is 3.51. The van der Waals surface area contributed by atoms with Gasteiger partial charge >= 0.3 is 0 Å². The molecule has 0 spiro atoms. The third kappa shape index (κ3) is 3.69. The van der Waals surface area contributed by atoms with Crippen molar-refractivity contribution >= 4 is 0 Å². The molecule has 19 heavy (non-hydrogen) atoms. The first-order chi connectivity index (χ1) is 9.10. The molecule has 0 radical (unpaired) electrons. The average molecular weight is 265 g/mol. The van der Waals surface area contributed by atoms with Gasteiger partial charge in [0, 0.05) is 25.2 Å². The quantitative estimate of drug-likeness (QED) is 0.904. The minimum Gasteiger partial charge on any atom is -0.496 e. The lowest BCUT2D eigenvalue weighted by Gasteiger charge is -2.31. The summed E-state index contributed by atoms with van der Waals surface area (Å²) >= 11 is 0. The van der Waals surface area contributed by atoms with Crippen molar-refractivity contribution in [2.75, 3.05) is 26.8 Å². The van der Waals surface area contributed by atoms with E-state index in [-0.39, 0.29) is 6.10 Å². The van der Waals surface area contributed by atoms with Crippen molar-refractivity contribution in [3.8, 4) is 5.75 Å². The minimum atomic E-state index is -0.451. The van der Waals surface area contributed by atoms with Crippen LogP contribution in [0.4, 0.5) is 0 Å². The first-order valence-electron chi connectivity index (χ1n) is 6.79. The van der Waals surface area contributed by atoms with Gasteiger partial charge in [0.2, 0.25) is 0 Å². The van der Waals surface area contributed by atoms with Crippen molar-refractivity contribution in [1.82, 2.24) is 4.90 Å². The Balaban J connectivity index is 2.14. The zero-order chi connectivity index (χ0) is 13.8. The highest BCUT2D eigenvalue weighted by Gasteiger charge is 2.18. The summed E-state index contributed by atoms with van der Waals surface area (Å²) in [5.74, 6) is 0.878. The maximum atomic E-state index is 9.69. The fourth-order valence-corrected chi connectivity index (χ4v) is 2.46. The smallest absolute Gasteiger partial charge is 0.123 e. The van der Waals surface area contributed by atoms with E-state index in [1.54, 1.807) is 14.0 Å². The van der Waals surface area contributed by atoms with E-state index >= 15 is 0 Å². The van der Waals surface area contributed by atoms with E-state index in [0.29, 0.717) is 0 Å². The maximum Gasteiger partial charge on any atom is 0.123 e. The zero-order valence-corrected chi connectivity index (χ0v) is 11.9. The molecule has 0 amide bonds. The molecule has 0 saturated carbocycles. The Labute approximate surface area is 114 Å². The number of ether oxygens (including phenoxy) is 2. The second-order valence-corrected chi connectivity index (χ2v) is 5.16. The summed E-state index contributed by atoms with van der Waals surface area (Å²) in [7, 11) is 1.68. The van der Waals surface area contributed by atoms with Gasteiger partial charge in [0.1, 0.15) is 5.75 Å². The molecule has 1 heterocycles. The number of methoxy groups -OCH3 is 1. The summed E-state index contributed by atoms with van der Waals surface area (Å²) < 4.78 is 11.0. The molecule has 2 rings (SSSR count). The van der Waals surface area contributed by atoms with Gasteiger partial charge in [0.15, 0.2) is 0 Å². The number of nitrogens with zero attached hydrogens (tertiary/aromatic N) is 1. The number of aliphatic hydroxyl groups excluding tert-OH is 1. The predicted octanol–water partition coefficient (Wildman–Crippen LogP) is 1.97. The Kier molecular flexibility index (Phi) is 4.80. The monoisotopic (exact) mass is 265 g/mol. The van der Waals surface area contributed by atoms with Gasteiger partial charge in [0.05, 0.1) is 25.9 Å². The van der Waals surface area contributed by atoms with Gasteiger partial charge in [0.25, 0.3) is 0 Å². The van der Waals surface area contributed by atoms with Crippen molar-refractivity contribution in [1.29, 1.82) is 0 Å². The van der Waals surface area contributed by atoms with E-state index in [1.807, 2.05) is 18.2 Å². The summed E-state index contributed by atoms with van der Waals surface area (Å²) in [6.45, 7) is 7.35. The van der Waals surface area contributed by atoms with Gasteiger partial charge in [-0.1, -0.05) is 6.07 Å². The Morgan fingerprint density at radius 2 is 2.32 bits per heavy atom. The molecular formula is C15H23NO3. The lowest BCUT2D eigenvalue weighted by atomic mass is 10.1. The number of rotatable bonds is 4. The Morgan fingerprint density at radius 3 is 2.95 bits per heavy atom. The lowest BCUT2D eigenvalue weighted by molar-refractivity contribution is -0.0214. The normalized spacial score (nSPS) is 22.2. The van der Waals surface area contributed by atoms with E-state index in [9.17, 15) is 5.11 Å². The SMILES string of the molecule is COc1ccc(C(C)O)cc1CN1CCOC(C)C1. The number of hydrogen-bond donors (Lipinski definition) is 1. The van der Waals surface area contributed by atoms with Crippen LogP contribution in [-0.2, 0) is 11.3 Å². The Hall–Kier alpha value is -1.10. The lowest BCUT2D eigenvalue weighted by Crippen LogP contribution is -2.40. The van der Waals surface area contributed by atoms with Gasteiger partial charge in [-0.3, -0.25) is 4.90 Å². The summed E-state index contributed by atoms with van der Waals surface area (Å²) in [6, 6.07) is 5.87. The molecule has 4 nitrogen and oxygen atoms in total. The zero-order valence-electron chi connectivity index (χ0n) is 11.9. The first-order valence-corrected chi connectivity index (χ1v) is 6.79. The standard InChI is InChI=1S/C15H23NO3/c1-11-9-16(6-7-19-11)10-14-8-13(12(2)17)4-5-15(14)18-3/h4-5,8,11-12,17H,6-7,9-10H2,1-3H3. The van der Waals surface area contributed by atoms with E-state index in [1.165, 1.54) is 0 Å². The fraction of sp³-hybridized carbons (Fsp3) is 0.600. The molecule has 1 aliphatic heterocycles. The molecule has 0 bridgehead atoms. The van der Waals surface area contributed by atoms with E-state index < -0.39 is 6.10 Å². The number of morpholine rings is 1. The topological polar surface area (TPSA) is 41.9 Å². The molecule has 106 valence electrons. The van der Waals surface area contributed by atoms with Gasteiger partial charge in [-0.15, -0.1) is 0 Å². The molecule has 2 atom stereocenters. The number of aliphatic hydroxyl groups is 1. The van der Waals surface area contributed by atoms with Crippen molar-refractivity contribution in [2.24, 2.45) is 0 Å². The fourth-order valence-electron chi connectivity index (χ4n) is 2.46. The van der Waals surface area contributed by atoms with Crippen LogP contribution in [0.2, 0.25) is 0 Å². The van der Waals surface area contributed by atoms with Crippen molar-refractivity contribution < 1.29 is 14.6 Å². The van der Waals surface area contributed by atoms with Gasteiger partial charge in [-0.25, -0.2) is 0 Å². The third-order valence-electron chi connectivity index (χ3n) is 3.51. The molecule has 2 unspecified atom stereocenters. The molecule has 1 aromatic rings. The molecule has 1 saturated heterocycles. The van der Waals surface area contributed by atoms with Gasteiger partial charge in [-0.2, -0.15) is 0 Å². The van der Waals surface area contributed by atoms with Gasteiger partial charge in [-0.05, 0) is 31.5 Å². The van der Waals surface area contributed by atoms with Crippen LogP contribution in [0.1, 0.15) is 31.1 Å². The first kappa shape index (κ1) is 14.3. The minimum absolute atomic E-state index is 0.277. The molecule has 0 aliphatic carbocycles. The van der Waals surface area contributed by atoms with Crippen LogP contribution in [0, 0.1) is 0 Å². The summed E-state index contributed by atoms with van der Waals surface area (Å²) in [4.78, 5) is 2.36. The highest BCUT2D eigenvalue weighted by molar-refractivity contribution is 5.38. The van der Waals surface area contributed by atoms with E-state index in [0.717, 1.165) is 43.1 Å². The predicted molar refractivity (Wildman–Crippen MR) is 74.3 cm³/mol. The van der Waals surface area contributed by atoms with Crippen LogP contribution in [-0.4, -0.2) is 42.9 Å². The number of benzene rings is 1. The van der Waals surface area contributed by atoms with Crippen molar-refractivity contribution in [3.05, 3.63) is 29.3 Å². The number of hydrogen-bond acceptors (Lipinski definition) is 4. The van der Waals surface area contributed by atoms with E-state index in [2.05, 4.69) is 11.8 Å². The second kappa shape index (κ2) is 6.37. The molecule has 0 aromatic heterocycles. The molecule has 1 fully saturated rings. The average Bonchev–Trinajstić information content (AvgIpc) is 2.38. The molecule has 1 aliphatic rings. The summed E-state index contributed by atoms with van der Waals surface area (Å²) in [6.07, 6.45) is -0.173. The largest absolute Gasteiger partial charge is 0.496 e. The second-order valence-electron chi connectivity index (χ2n) is 5.16. The highest BCUT2D eigenvalue weighted by Crippen LogP contribution is 2.25. The van der Waals surface area contributed by atoms with Crippen LogP contribution >= 0.6 is 0 Å². The van der Waals surface area contributed by atoms with Crippen molar-refractivity contribution in [2.45, 2.75) is 32.6 Å². The molecular weight excluding hydrogens is 242 g/mol. The maximum absolute atomic E-state index is 9.69. The summed E-state index contributed by atoms with van der Waals surface area (Å²) in [5.41, 5.74) is 2.05. The van der Waals surface area contributed by atoms with Gasteiger partial charge < -0.3 is 14.6 Å². The van der Waals surface area contributed by atoms with Crippen LogP contribution < -0.4 is 4.74 Å². The van der Waals surface area contributed by atoms with Crippen LogP contribution in [0.5, 0.6) is 5.75 Å². The summed E-state index contributed by atoms with van der Waals surface area (Å²) in [5, 5.41) is 9.69. The molecule has 1 aromatic carbocycles. The highest BCUT2D eigenvalue weighted by atomic mass is 16.5. The van der Waals surface area contributed by atoms with Crippen molar-refractivity contribution in [3.63, 3.8) is 0 Å². The Morgan fingerprint density at radius 1 is 1.53 bits per heavy atom. The molecule has 4 heteroatoms.